The van der Waals surface area contributed by atoms with Gasteiger partial charge in [-0.25, -0.2) is 13.2 Å². The Balaban J connectivity index is 1.38. The van der Waals surface area contributed by atoms with Crippen molar-refractivity contribution < 1.29 is 13.2 Å². The van der Waals surface area contributed by atoms with E-state index in [2.05, 4.69) is 32.1 Å². The summed E-state index contributed by atoms with van der Waals surface area (Å²) in [5.74, 6) is -1.12. The number of aryl methyl sites for hydroxylation is 1. The number of benzene rings is 3. The van der Waals surface area contributed by atoms with Gasteiger partial charge in [0.15, 0.2) is 11.6 Å². The molecule has 218 valence electrons. The second kappa shape index (κ2) is 15.8. The Kier molecular flexibility index (Phi) is 11.9. The van der Waals surface area contributed by atoms with E-state index in [1.165, 1.54) is 37.7 Å². The van der Waals surface area contributed by atoms with Gasteiger partial charge in [-0.3, -0.25) is 0 Å². The first-order chi connectivity index (χ1) is 20.0. The van der Waals surface area contributed by atoms with E-state index in [0.717, 1.165) is 56.1 Å². The number of halogens is 3. The van der Waals surface area contributed by atoms with Gasteiger partial charge in [0.2, 0.25) is 0 Å². The summed E-state index contributed by atoms with van der Waals surface area (Å²) in [5.41, 5.74) is 4.66. The molecule has 1 atom stereocenters. The minimum Gasteiger partial charge on any atom is -0.206 e. The lowest BCUT2D eigenvalue weighted by Crippen LogP contribution is -2.05. The Labute approximate surface area is 245 Å². The Bertz CT molecular complexity index is 1320. The SMILES string of the molecule is CC=CCCC1CC=C(c2ccc(-c3ccc(-c4ccc(CCCCCCCCC)c(F)c4F)cc3)c(F)c2)CC1. The zero-order valence-electron chi connectivity index (χ0n) is 24.8. The third-order valence-electron chi connectivity index (χ3n) is 8.56. The zero-order valence-corrected chi connectivity index (χ0v) is 24.8. The van der Waals surface area contributed by atoms with Gasteiger partial charge in [0.1, 0.15) is 5.82 Å². The van der Waals surface area contributed by atoms with E-state index in [9.17, 15) is 4.39 Å². The molecule has 0 heterocycles. The van der Waals surface area contributed by atoms with Crippen LogP contribution in [0.3, 0.4) is 0 Å². The Morgan fingerprint density at radius 1 is 0.756 bits per heavy atom. The molecule has 0 fully saturated rings. The molecule has 0 amide bonds. The second-order valence-corrected chi connectivity index (χ2v) is 11.6. The molecule has 1 aliphatic rings. The maximum atomic E-state index is 15.2. The summed E-state index contributed by atoms with van der Waals surface area (Å²) in [7, 11) is 0. The number of unbranched alkanes of at least 4 members (excludes halogenated alkanes) is 6. The second-order valence-electron chi connectivity index (χ2n) is 11.6. The number of hydrogen-bond donors (Lipinski definition) is 0. The summed E-state index contributed by atoms with van der Waals surface area (Å²) in [6.07, 6.45) is 20.7. The van der Waals surface area contributed by atoms with Gasteiger partial charge < -0.3 is 0 Å². The molecular weight excluding hydrogens is 513 g/mol. The summed E-state index contributed by atoms with van der Waals surface area (Å²) in [6.45, 7) is 4.26. The van der Waals surface area contributed by atoms with Crippen LogP contribution in [-0.4, -0.2) is 0 Å². The van der Waals surface area contributed by atoms with Crippen molar-refractivity contribution in [3.63, 3.8) is 0 Å². The summed E-state index contributed by atoms with van der Waals surface area (Å²) in [6, 6.07) is 15.9. The number of allylic oxidation sites excluding steroid dienone is 4. The van der Waals surface area contributed by atoms with Gasteiger partial charge in [0.25, 0.3) is 0 Å². The molecule has 0 spiro atoms. The standard InChI is InChI=1S/C38H45F3/c1-3-5-7-8-9-10-12-14-32-23-26-35(38(41)37(32)40)31-21-19-30(20-22-31)34-25-24-33(27-36(34)39)29-17-15-28(16-18-29)13-11-6-4-2/h4,6,17,19-28H,3,5,7-16,18H2,1-2H3. The minimum absolute atomic E-state index is 0.237. The average molecular weight is 559 g/mol. The molecule has 0 N–H and O–H groups in total. The van der Waals surface area contributed by atoms with Crippen LogP contribution in [0.4, 0.5) is 13.2 Å². The first-order valence-electron chi connectivity index (χ1n) is 15.7. The van der Waals surface area contributed by atoms with Gasteiger partial charge in [-0.2, -0.15) is 0 Å². The Morgan fingerprint density at radius 3 is 2.07 bits per heavy atom. The summed E-state index contributed by atoms with van der Waals surface area (Å²) >= 11 is 0. The number of rotatable bonds is 14. The lowest BCUT2D eigenvalue weighted by Gasteiger charge is -2.22. The third-order valence-corrected chi connectivity index (χ3v) is 8.56. The molecule has 1 unspecified atom stereocenters. The van der Waals surface area contributed by atoms with Crippen LogP contribution in [0.15, 0.2) is 72.8 Å². The van der Waals surface area contributed by atoms with Crippen LogP contribution in [0.1, 0.15) is 102 Å². The Morgan fingerprint density at radius 2 is 1.41 bits per heavy atom. The van der Waals surface area contributed by atoms with Crippen molar-refractivity contribution in [2.45, 2.75) is 97.3 Å². The quantitative estimate of drug-likeness (QED) is 0.136. The maximum absolute atomic E-state index is 15.2. The fraction of sp³-hybridized carbons (Fsp3) is 0.421. The van der Waals surface area contributed by atoms with Crippen molar-refractivity contribution >= 4 is 5.57 Å². The van der Waals surface area contributed by atoms with Gasteiger partial charge in [-0.1, -0.05) is 112 Å². The van der Waals surface area contributed by atoms with E-state index in [1.54, 1.807) is 42.5 Å². The van der Waals surface area contributed by atoms with E-state index in [1.807, 2.05) is 12.1 Å². The molecule has 3 heteroatoms. The minimum atomic E-state index is -0.807. The highest BCUT2D eigenvalue weighted by Gasteiger charge is 2.17. The fourth-order valence-corrected chi connectivity index (χ4v) is 5.97. The smallest absolute Gasteiger partial charge is 0.166 e. The van der Waals surface area contributed by atoms with Crippen molar-refractivity contribution in [2.75, 3.05) is 0 Å². The van der Waals surface area contributed by atoms with Crippen molar-refractivity contribution in [3.05, 3.63) is 101 Å². The van der Waals surface area contributed by atoms with Crippen LogP contribution in [0, 0.1) is 23.4 Å². The lowest BCUT2D eigenvalue weighted by molar-refractivity contribution is 0.454. The average Bonchev–Trinajstić information content (AvgIpc) is 2.99. The highest BCUT2D eigenvalue weighted by molar-refractivity contribution is 5.74. The van der Waals surface area contributed by atoms with E-state index in [-0.39, 0.29) is 11.4 Å². The van der Waals surface area contributed by atoms with Crippen LogP contribution < -0.4 is 0 Å². The first kappa shape index (κ1) is 30.9. The van der Waals surface area contributed by atoms with Crippen molar-refractivity contribution in [1.29, 1.82) is 0 Å². The summed E-state index contributed by atoms with van der Waals surface area (Å²) < 4.78 is 45.1. The highest BCUT2D eigenvalue weighted by atomic mass is 19.2. The van der Waals surface area contributed by atoms with Crippen LogP contribution in [0.5, 0.6) is 0 Å². The molecule has 0 aromatic heterocycles. The monoisotopic (exact) mass is 558 g/mol. The molecule has 4 rings (SSSR count). The van der Waals surface area contributed by atoms with Gasteiger partial charge in [0, 0.05) is 11.1 Å². The first-order valence-corrected chi connectivity index (χ1v) is 15.7. The summed E-state index contributed by atoms with van der Waals surface area (Å²) in [5, 5.41) is 0. The van der Waals surface area contributed by atoms with E-state index in [4.69, 9.17) is 0 Å². The van der Waals surface area contributed by atoms with Crippen LogP contribution in [-0.2, 0) is 6.42 Å². The molecular formula is C38H45F3. The predicted molar refractivity (Wildman–Crippen MR) is 168 cm³/mol. The summed E-state index contributed by atoms with van der Waals surface area (Å²) in [4.78, 5) is 0. The van der Waals surface area contributed by atoms with Gasteiger partial charge in [-0.05, 0) is 91.7 Å². The molecule has 0 nitrogen and oxygen atoms in total. The topological polar surface area (TPSA) is 0 Å². The maximum Gasteiger partial charge on any atom is 0.166 e. The fourth-order valence-electron chi connectivity index (χ4n) is 5.97. The van der Waals surface area contributed by atoms with E-state index >= 15 is 8.78 Å². The van der Waals surface area contributed by atoms with Crippen LogP contribution >= 0.6 is 0 Å². The zero-order chi connectivity index (χ0) is 29.0. The van der Waals surface area contributed by atoms with Crippen LogP contribution in [0.2, 0.25) is 0 Å². The molecule has 0 saturated carbocycles. The molecule has 1 aliphatic carbocycles. The highest BCUT2D eigenvalue weighted by Crippen LogP contribution is 2.35. The normalized spacial score (nSPS) is 15.4. The molecule has 0 bridgehead atoms. The van der Waals surface area contributed by atoms with Crippen molar-refractivity contribution in [3.8, 4) is 22.3 Å². The molecule has 3 aromatic rings. The van der Waals surface area contributed by atoms with Gasteiger partial charge in [0.05, 0.1) is 0 Å². The largest absolute Gasteiger partial charge is 0.206 e. The molecule has 41 heavy (non-hydrogen) atoms. The third kappa shape index (κ3) is 8.47. The Hall–Kier alpha value is -3.07. The van der Waals surface area contributed by atoms with E-state index in [0.29, 0.717) is 29.0 Å². The van der Waals surface area contributed by atoms with Crippen molar-refractivity contribution in [1.82, 2.24) is 0 Å². The molecule has 0 saturated heterocycles. The van der Waals surface area contributed by atoms with Gasteiger partial charge in [-0.15, -0.1) is 0 Å². The van der Waals surface area contributed by atoms with Crippen LogP contribution in [0.25, 0.3) is 27.8 Å². The van der Waals surface area contributed by atoms with Gasteiger partial charge >= 0.3 is 0 Å². The molecule has 3 aromatic carbocycles. The predicted octanol–water partition coefficient (Wildman–Crippen LogP) is 12.3. The number of hydrogen-bond acceptors (Lipinski definition) is 0. The molecule has 0 radical (unpaired) electrons. The van der Waals surface area contributed by atoms with E-state index < -0.39 is 11.6 Å². The lowest BCUT2D eigenvalue weighted by atomic mass is 9.84. The molecule has 0 aliphatic heterocycles. The van der Waals surface area contributed by atoms with Crippen molar-refractivity contribution in [2.24, 2.45) is 5.92 Å².